The lowest BCUT2D eigenvalue weighted by atomic mass is 10.0. The third kappa shape index (κ3) is 2.44. The Labute approximate surface area is 118 Å². The molecule has 19 heavy (non-hydrogen) atoms. The number of pyridine rings is 1. The van der Waals surface area contributed by atoms with Gasteiger partial charge in [0.15, 0.2) is 0 Å². The van der Waals surface area contributed by atoms with Crippen LogP contribution in [-0.2, 0) is 17.6 Å². The summed E-state index contributed by atoms with van der Waals surface area (Å²) in [5, 5.41) is 3.49. The third-order valence-electron chi connectivity index (χ3n) is 3.96. The Kier molecular flexibility index (Phi) is 3.19. The molecule has 4 nitrogen and oxygen atoms in total. The standard InChI is InChI=1S/C14H19N3OS/c1-14(5-6-18-8-14)17-13-10(12(15)19)7-9-3-2-4-11(9)16-13/h7H,2-6,8H2,1H3,(H2,15,19)(H,16,17). The highest BCUT2D eigenvalue weighted by Crippen LogP contribution is 2.29. The number of fused-ring (bicyclic) bond motifs is 1. The van der Waals surface area contributed by atoms with Crippen molar-refractivity contribution >= 4 is 23.0 Å². The van der Waals surface area contributed by atoms with Crippen LogP contribution in [0.4, 0.5) is 5.82 Å². The molecule has 3 N–H and O–H groups in total. The zero-order valence-electron chi connectivity index (χ0n) is 11.2. The summed E-state index contributed by atoms with van der Waals surface area (Å²) in [6.45, 7) is 3.64. The zero-order valence-corrected chi connectivity index (χ0v) is 12.0. The fourth-order valence-corrected chi connectivity index (χ4v) is 2.96. The summed E-state index contributed by atoms with van der Waals surface area (Å²) in [5.41, 5.74) is 9.12. The van der Waals surface area contributed by atoms with E-state index in [9.17, 15) is 0 Å². The number of anilines is 1. The van der Waals surface area contributed by atoms with Gasteiger partial charge in [-0.1, -0.05) is 12.2 Å². The minimum absolute atomic E-state index is 0.0701. The van der Waals surface area contributed by atoms with E-state index in [1.54, 1.807) is 0 Å². The summed E-state index contributed by atoms with van der Waals surface area (Å²) in [5.74, 6) is 0.821. The molecule has 5 heteroatoms. The number of ether oxygens (including phenoxy) is 1. The van der Waals surface area contributed by atoms with Gasteiger partial charge in [-0.3, -0.25) is 0 Å². The molecule has 102 valence electrons. The lowest BCUT2D eigenvalue weighted by molar-refractivity contribution is 0.185. The van der Waals surface area contributed by atoms with Crippen LogP contribution < -0.4 is 11.1 Å². The van der Waals surface area contributed by atoms with Crippen molar-refractivity contribution in [1.29, 1.82) is 0 Å². The van der Waals surface area contributed by atoms with E-state index in [0.29, 0.717) is 11.6 Å². The first-order chi connectivity index (χ1) is 9.07. The molecule has 1 aromatic heterocycles. The minimum Gasteiger partial charge on any atom is -0.389 e. The highest BCUT2D eigenvalue weighted by Gasteiger charge is 2.31. The van der Waals surface area contributed by atoms with Crippen molar-refractivity contribution in [2.45, 2.75) is 38.1 Å². The summed E-state index contributed by atoms with van der Waals surface area (Å²) < 4.78 is 5.47. The molecule has 0 saturated carbocycles. The molecule has 1 saturated heterocycles. The number of nitrogens with zero attached hydrogens (tertiary/aromatic N) is 1. The molecule has 1 aliphatic carbocycles. The molecule has 1 fully saturated rings. The van der Waals surface area contributed by atoms with Crippen LogP contribution in [0.15, 0.2) is 6.07 Å². The van der Waals surface area contributed by atoms with Gasteiger partial charge in [-0.05, 0) is 44.2 Å². The van der Waals surface area contributed by atoms with Crippen LogP contribution >= 0.6 is 12.2 Å². The third-order valence-corrected chi connectivity index (χ3v) is 4.18. The van der Waals surface area contributed by atoms with Crippen LogP contribution in [0.1, 0.15) is 36.6 Å². The van der Waals surface area contributed by atoms with Crippen LogP contribution in [-0.4, -0.2) is 28.7 Å². The topological polar surface area (TPSA) is 60.2 Å². The average Bonchev–Trinajstić information content (AvgIpc) is 2.96. The van der Waals surface area contributed by atoms with E-state index in [0.717, 1.165) is 37.3 Å². The van der Waals surface area contributed by atoms with Crippen LogP contribution in [0, 0.1) is 0 Å². The molecular formula is C14H19N3OS. The van der Waals surface area contributed by atoms with Gasteiger partial charge >= 0.3 is 0 Å². The maximum Gasteiger partial charge on any atom is 0.137 e. The Hall–Kier alpha value is -1.20. The first-order valence-corrected chi connectivity index (χ1v) is 7.17. The van der Waals surface area contributed by atoms with E-state index in [4.69, 9.17) is 27.7 Å². The van der Waals surface area contributed by atoms with Crippen LogP contribution in [0.25, 0.3) is 0 Å². The summed E-state index contributed by atoms with van der Waals surface area (Å²) in [4.78, 5) is 5.16. The van der Waals surface area contributed by atoms with E-state index in [-0.39, 0.29) is 5.54 Å². The molecule has 1 aromatic rings. The average molecular weight is 277 g/mol. The molecule has 0 aromatic carbocycles. The predicted octanol–water partition coefficient (Wildman–Crippen LogP) is 1.80. The van der Waals surface area contributed by atoms with Gasteiger partial charge in [0, 0.05) is 12.3 Å². The van der Waals surface area contributed by atoms with Gasteiger partial charge in [0.05, 0.1) is 17.7 Å². The zero-order chi connectivity index (χ0) is 13.5. The van der Waals surface area contributed by atoms with Crippen molar-refractivity contribution in [3.63, 3.8) is 0 Å². The Bertz CT molecular complexity index is 524. The van der Waals surface area contributed by atoms with Gasteiger partial charge in [-0.2, -0.15) is 0 Å². The molecule has 1 unspecified atom stereocenters. The van der Waals surface area contributed by atoms with Gasteiger partial charge in [-0.25, -0.2) is 4.98 Å². The molecule has 2 aliphatic rings. The van der Waals surface area contributed by atoms with Gasteiger partial charge in [0.1, 0.15) is 10.8 Å². The molecule has 3 rings (SSSR count). The smallest absolute Gasteiger partial charge is 0.137 e. The van der Waals surface area contributed by atoms with Crippen molar-refractivity contribution in [2.75, 3.05) is 18.5 Å². The maximum absolute atomic E-state index is 5.85. The van der Waals surface area contributed by atoms with E-state index < -0.39 is 0 Å². The normalized spacial score (nSPS) is 25.3. The number of hydrogen-bond acceptors (Lipinski definition) is 4. The summed E-state index contributed by atoms with van der Waals surface area (Å²) >= 11 is 5.16. The molecule has 0 radical (unpaired) electrons. The summed E-state index contributed by atoms with van der Waals surface area (Å²) in [6.07, 6.45) is 4.28. The lowest BCUT2D eigenvalue weighted by Crippen LogP contribution is -2.36. The fraction of sp³-hybridized carbons (Fsp3) is 0.571. The Balaban J connectivity index is 1.97. The molecule has 0 spiro atoms. The highest BCUT2D eigenvalue weighted by molar-refractivity contribution is 7.80. The number of hydrogen-bond donors (Lipinski definition) is 2. The Morgan fingerprint density at radius 2 is 2.37 bits per heavy atom. The lowest BCUT2D eigenvalue weighted by Gasteiger charge is -2.26. The van der Waals surface area contributed by atoms with Gasteiger partial charge in [-0.15, -0.1) is 0 Å². The number of rotatable bonds is 3. The van der Waals surface area contributed by atoms with Crippen molar-refractivity contribution in [3.8, 4) is 0 Å². The molecule has 1 aliphatic heterocycles. The van der Waals surface area contributed by atoms with Crippen LogP contribution in [0.5, 0.6) is 0 Å². The monoisotopic (exact) mass is 277 g/mol. The Morgan fingerprint density at radius 3 is 3.05 bits per heavy atom. The first-order valence-electron chi connectivity index (χ1n) is 6.76. The largest absolute Gasteiger partial charge is 0.389 e. The van der Waals surface area contributed by atoms with Crippen molar-refractivity contribution in [2.24, 2.45) is 5.73 Å². The van der Waals surface area contributed by atoms with E-state index in [1.807, 2.05) is 0 Å². The molecule has 2 heterocycles. The molecule has 0 amide bonds. The Morgan fingerprint density at radius 1 is 1.53 bits per heavy atom. The molecular weight excluding hydrogens is 258 g/mol. The van der Waals surface area contributed by atoms with Crippen molar-refractivity contribution < 1.29 is 4.74 Å². The van der Waals surface area contributed by atoms with Crippen molar-refractivity contribution in [3.05, 3.63) is 22.9 Å². The molecule has 0 bridgehead atoms. The van der Waals surface area contributed by atoms with Crippen LogP contribution in [0.3, 0.4) is 0 Å². The van der Waals surface area contributed by atoms with Crippen molar-refractivity contribution in [1.82, 2.24) is 4.98 Å². The SMILES string of the molecule is CC1(Nc2nc3c(cc2C(N)=S)CCC3)CCOC1. The second kappa shape index (κ2) is 4.72. The second-order valence-corrected chi connectivity index (χ2v) is 6.14. The first kappa shape index (κ1) is 12.8. The maximum atomic E-state index is 5.85. The number of aromatic nitrogens is 1. The van der Waals surface area contributed by atoms with E-state index in [1.165, 1.54) is 17.7 Å². The number of nitrogens with one attached hydrogen (secondary N) is 1. The summed E-state index contributed by atoms with van der Waals surface area (Å²) in [7, 11) is 0. The van der Waals surface area contributed by atoms with E-state index >= 15 is 0 Å². The predicted molar refractivity (Wildman–Crippen MR) is 79.6 cm³/mol. The second-order valence-electron chi connectivity index (χ2n) is 5.70. The quantitative estimate of drug-likeness (QED) is 0.825. The van der Waals surface area contributed by atoms with E-state index in [2.05, 4.69) is 18.3 Å². The molecule has 1 atom stereocenters. The number of thiocarbonyl (C=S) groups is 1. The summed E-state index contributed by atoms with van der Waals surface area (Å²) in [6, 6.07) is 2.11. The van der Waals surface area contributed by atoms with Gasteiger partial charge in [0.2, 0.25) is 0 Å². The number of aryl methyl sites for hydroxylation is 2. The van der Waals surface area contributed by atoms with Gasteiger partial charge < -0.3 is 15.8 Å². The minimum atomic E-state index is -0.0701. The highest BCUT2D eigenvalue weighted by atomic mass is 32.1. The van der Waals surface area contributed by atoms with Gasteiger partial charge in [0.25, 0.3) is 0 Å². The van der Waals surface area contributed by atoms with Crippen LogP contribution in [0.2, 0.25) is 0 Å². The number of nitrogens with two attached hydrogens (primary N) is 1. The fourth-order valence-electron chi connectivity index (χ4n) is 2.81.